The molecular formula is C6H12LiSi. The maximum atomic E-state index is 3.17. The van der Waals surface area contributed by atoms with Crippen molar-refractivity contribution in [2.75, 3.05) is 0 Å². The van der Waals surface area contributed by atoms with Crippen LogP contribution in [-0.2, 0) is 0 Å². The van der Waals surface area contributed by atoms with Crippen molar-refractivity contribution in [2.24, 2.45) is 0 Å². The van der Waals surface area contributed by atoms with Crippen LogP contribution in [0.4, 0.5) is 0 Å². The zero-order valence-electron chi connectivity index (χ0n) is 6.50. The molecule has 0 aromatic carbocycles. The van der Waals surface area contributed by atoms with Gasteiger partial charge in [0.15, 0.2) is 0 Å². The van der Waals surface area contributed by atoms with E-state index in [1.54, 1.807) is 0 Å². The molecular weight excluding hydrogens is 107 g/mol. The van der Waals surface area contributed by atoms with Crippen LogP contribution in [0.2, 0.25) is 19.6 Å². The third kappa shape index (κ3) is 9.62. The van der Waals surface area contributed by atoms with E-state index in [2.05, 4.69) is 31.1 Å². The van der Waals surface area contributed by atoms with E-state index in [0.717, 1.165) is 0 Å². The Morgan fingerprint density at radius 2 is 1.50 bits per heavy atom. The molecule has 0 N–H and O–H groups in total. The minimum Gasteiger partial charge on any atom is -0.132 e. The van der Waals surface area contributed by atoms with E-state index < -0.39 is 8.07 Å². The van der Waals surface area contributed by atoms with E-state index >= 15 is 0 Å². The molecule has 0 atom stereocenters. The molecule has 0 aromatic heterocycles. The summed E-state index contributed by atoms with van der Waals surface area (Å²) < 4.78 is 0. The summed E-state index contributed by atoms with van der Waals surface area (Å²) in [6.07, 6.45) is 0. The van der Waals surface area contributed by atoms with Gasteiger partial charge in [0.25, 0.3) is 0 Å². The quantitative estimate of drug-likeness (QED) is 0.335. The van der Waals surface area contributed by atoms with Gasteiger partial charge < -0.3 is 0 Å². The first kappa shape index (κ1) is 11.2. The topological polar surface area (TPSA) is 0 Å². The van der Waals surface area contributed by atoms with E-state index in [0.29, 0.717) is 0 Å². The average Bonchev–Trinajstić information content (AvgIpc) is 1.30. The van der Waals surface area contributed by atoms with Crippen molar-refractivity contribution in [3.05, 3.63) is 0 Å². The largest absolute Gasteiger partial charge is 0.132 e. The van der Waals surface area contributed by atoms with Gasteiger partial charge in [0.2, 0.25) is 0 Å². The normalized spacial score (nSPS) is 8.50. The fourth-order valence-corrected chi connectivity index (χ4v) is 1.12. The van der Waals surface area contributed by atoms with Crippen LogP contribution in [0.15, 0.2) is 0 Å². The second kappa shape index (κ2) is 4.27. The summed E-state index contributed by atoms with van der Waals surface area (Å²) in [7, 11) is -1.02. The first-order valence-electron chi connectivity index (χ1n) is 2.50. The van der Waals surface area contributed by atoms with E-state index in [1.807, 2.05) is 6.92 Å². The maximum absolute atomic E-state index is 3.17. The van der Waals surface area contributed by atoms with Gasteiger partial charge in [-0.15, -0.1) is 11.5 Å². The molecule has 0 aliphatic rings. The summed E-state index contributed by atoms with van der Waals surface area (Å²) in [5.74, 6) is 2.92. The van der Waals surface area contributed by atoms with E-state index in [-0.39, 0.29) is 18.9 Å². The fraction of sp³-hybridized carbons (Fsp3) is 0.667. The Labute approximate surface area is 65.2 Å². The molecule has 0 rings (SSSR count). The van der Waals surface area contributed by atoms with Crippen molar-refractivity contribution in [1.82, 2.24) is 0 Å². The zero-order chi connectivity index (χ0) is 5.91. The third-order valence-electron chi connectivity index (χ3n) is 0.500. The van der Waals surface area contributed by atoms with Gasteiger partial charge in [-0.3, -0.25) is 0 Å². The Morgan fingerprint density at radius 1 is 1.12 bits per heavy atom. The van der Waals surface area contributed by atoms with Crippen molar-refractivity contribution in [1.29, 1.82) is 0 Å². The van der Waals surface area contributed by atoms with Crippen LogP contribution in [0, 0.1) is 11.5 Å². The number of hydrogen-bond donors (Lipinski definition) is 0. The van der Waals surface area contributed by atoms with Crippen LogP contribution in [0.25, 0.3) is 0 Å². The summed E-state index contributed by atoms with van der Waals surface area (Å²) in [5, 5.41) is 0. The van der Waals surface area contributed by atoms with E-state index in [1.165, 1.54) is 0 Å². The molecule has 0 fully saturated rings. The number of rotatable bonds is 0. The summed E-state index contributed by atoms with van der Waals surface area (Å²) in [4.78, 5) is 0. The van der Waals surface area contributed by atoms with Crippen molar-refractivity contribution >= 4 is 26.9 Å². The van der Waals surface area contributed by atoms with Crippen molar-refractivity contribution in [2.45, 2.75) is 26.6 Å². The monoisotopic (exact) mass is 119 g/mol. The van der Waals surface area contributed by atoms with Crippen LogP contribution in [0.1, 0.15) is 6.92 Å². The van der Waals surface area contributed by atoms with Gasteiger partial charge in [0, 0.05) is 18.9 Å². The van der Waals surface area contributed by atoms with Crippen LogP contribution in [-0.4, -0.2) is 26.9 Å². The van der Waals surface area contributed by atoms with Gasteiger partial charge >= 0.3 is 0 Å². The molecule has 1 radical (unpaired) electrons. The second-order valence-corrected chi connectivity index (χ2v) is 7.38. The van der Waals surface area contributed by atoms with Crippen LogP contribution in [0.5, 0.6) is 0 Å². The first-order chi connectivity index (χ1) is 3.06. The molecule has 0 aliphatic carbocycles. The van der Waals surface area contributed by atoms with Crippen LogP contribution in [0.3, 0.4) is 0 Å². The van der Waals surface area contributed by atoms with Crippen LogP contribution < -0.4 is 0 Å². The third-order valence-corrected chi connectivity index (χ3v) is 1.50. The van der Waals surface area contributed by atoms with Gasteiger partial charge in [-0.1, -0.05) is 19.6 Å². The molecule has 0 unspecified atom stereocenters. The van der Waals surface area contributed by atoms with Crippen molar-refractivity contribution in [3.8, 4) is 11.5 Å². The predicted octanol–water partition coefficient (Wildman–Crippen LogP) is 1.51. The van der Waals surface area contributed by atoms with Crippen molar-refractivity contribution in [3.63, 3.8) is 0 Å². The molecule has 41 valence electrons. The minimum atomic E-state index is -1.02. The predicted molar refractivity (Wildman–Crippen MR) is 42.6 cm³/mol. The molecule has 0 bridgehead atoms. The standard InChI is InChI=1S/C6H12Si.Li/c1-5-6-7(2,3)4;/h1-4H3;. The average molecular weight is 119 g/mol. The molecule has 0 saturated heterocycles. The Morgan fingerprint density at radius 3 is 1.50 bits per heavy atom. The molecule has 0 spiro atoms. The van der Waals surface area contributed by atoms with Gasteiger partial charge in [-0.2, -0.15) is 0 Å². The van der Waals surface area contributed by atoms with Gasteiger partial charge in [0.05, 0.1) is 0 Å². The maximum Gasteiger partial charge on any atom is 0.129 e. The SMILES string of the molecule is CC#C[Si](C)(C)C.[Li]. The fourth-order valence-electron chi connectivity index (χ4n) is 0.375. The summed E-state index contributed by atoms with van der Waals surface area (Å²) in [6, 6.07) is 0. The molecule has 0 amide bonds. The summed E-state index contributed by atoms with van der Waals surface area (Å²) >= 11 is 0. The Hall–Kier alpha value is 0.374. The molecule has 0 aromatic rings. The molecule has 0 saturated carbocycles. The minimum absolute atomic E-state index is 0. The number of hydrogen-bond acceptors (Lipinski definition) is 0. The second-order valence-electron chi connectivity index (χ2n) is 2.62. The van der Waals surface area contributed by atoms with E-state index in [4.69, 9.17) is 0 Å². The molecule has 2 heteroatoms. The Balaban J connectivity index is 0. The first-order valence-corrected chi connectivity index (χ1v) is 6.00. The van der Waals surface area contributed by atoms with Crippen LogP contribution >= 0.6 is 0 Å². The van der Waals surface area contributed by atoms with Gasteiger partial charge in [-0.05, 0) is 6.92 Å². The van der Waals surface area contributed by atoms with Gasteiger partial charge in [0.1, 0.15) is 8.07 Å². The summed E-state index contributed by atoms with van der Waals surface area (Å²) in [6.45, 7) is 8.62. The molecule has 0 heterocycles. The summed E-state index contributed by atoms with van der Waals surface area (Å²) in [5.41, 5.74) is 3.17. The molecule has 8 heavy (non-hydrogen) atoms. The van der Waals surface area contributed by atoms with Crippen molar-refractivity contribution < 1.29 is 0 Å². The zero-order valence-corrected chi connectivity index (χ0v) is 7.50. The smallest absolute Gasteiger partial charge is 0.129 e. The Bertz CT molecular complexity index is 102. The molecule has 0 aliphatic heterocycles. The molecule has 0 nitrogen and oxygen atoms in total. The van der Waals surface area contributed by atoms with E-state index in [9.17, 15) is 0 Å². The Kier molecular flexibility index (Phi) is 5.99. The van der Waals surface area contributed by atoms with Gasteiger partial charge in [-0.25, -0.2) is 0 Å².